The standard InChI is InChI=1S/C24H34N2O/c1-5-6-7-11-23(27)26(18-16-22-10-8-9-17-25-22)19-20-12-14-21(15-13-20)24(2,3)4/h8-10,12-15,17H,5-7,11,16,18-19H2,1-4H3. The minimum atomic E-state index is 0.146. The lowest BCUT2D eigenvalue weighted by atomic mass is 9.87. The van der Waals surface area contributed by atoms with Crippen LogP contribution >= 0.6 is 0 Å². The first kappa shape index (κ1) is 21.1. The minimum Gasteiger partial charge on any atom is -0.338 e. The van der Waals surface area contributed by atoms with E-state index in [4.69, 9.17) is 0 Å². The number of amides is 1. The second-order valence-corrected chi connectivity index (χ2v) is 8.29. The number of benzene rings is 1. The molecule has 0 radical (unpaired) electrons. The molecule has 2 rings (SSSR count). The van der Waals surface area contributed by atoms with Crippen LogP contribution in [0.15, 0.2) is 48.7 Å². The van der Waals surface area contributed by atoms with Gasteiger partial charge in [-0.25, -0.2) is 0 Å². The van der Waals surface area contributed by atoms with Crippen molar-refractivity contribution in [3.05, 3.63) is 65.5 Å². The predicted molar refractivity (Wildman–Crippen MR) is 113 cm³/mol. The molecule has 1 amide bonds. The molecule has 146 valence electrons. The highest BCUT2D eigenvalue weighted by Crippen LogP contribution is 2.22. The van der Waals surface area contributed by atoms with Crippen LogP contribution < -0.4 is 0 Å². The normalized spacial score (nSPS) is 11.4. The number of carbonyl (C=O) groups excluding carboxylic acids is 1. The monoisotopic (exact) mass is 366 g/mol. The van der Waals surface area contributed by atoms with Gasteiger partial charge in [0.05, 0.1) is 0 Å². The summed E-state index contributed by atoms with van der Waals surface area (Å²) in [4.78, 5) is 19.2. The molecular weight excluding hydrogens is 332 g/mol. The Hall–Kier alpha value is -2.16. The number of aromatic nitrogens is 1. The van der Waals surface area contributed by atoms with Crippen molar-refractivity contribution >= 4 is 5.91 Å². The first-order chi connectivity index (χ1) is 12.9. The van der Waals surface area contributed by atoms with Crippen LogP contribution in [0.5, 0.6) is 0 Å². The summed E-state index contributed by atoms with van der Waals surface area (Å²) in [5.41, 5.74) is 3.69. The molecule has 0 bridgehead atoms. The van der Waals surface area contributed by atoms with E-state index in [9.17, 15) is 4.79 Å². The summed E-state index contributed by atoms with van der Waals surface area (Å²) >= 11 is 0. The van der Waals surface area contributed by atoms with E-state index in [0.29, 0.717) is 19.5 Å². The molecule has 0 atom stereocenters. The van der Waals surface area contributed by atoms with Crippen molar-refractivity contribution in [1.82, 2.24) is 9.88 Å². The van der Waals surface area contributed by atoms with Crippen LogP contribution in [-0.4, -0.2) is 22.3 Å². The SMILES string of the molecule is CCCCCC(=O)N(CCc1ccccn1)Cc1ccc(C(C)(C)C)cc1. The van der Waals surface area contributed by atoms with E-state index in [1.54, 1.807) is 0 Å². The Kier molecular flexibility index (Phi) is 8.02. The maximum atomic E-state index is 12.8. The highest BCUT2D eigenvalue weighted by atomic mass is 16.2. The molecule has 27 heavy (non-hydrogen) atoms. The van der Waals surface area contributed by atoms with Gasteiger partial charge < -0.3 is 4.90 Å². The van der Waals surface area contributed by atoms with Crippen molar-refractivity contribution in [2.75, 3.05) is 6.54 Å². The van der Waals surface area contributed by atoms with Crippen LogP contribution in [0.4, 0.5) is 0 Å². The molecular formula is C24H34N2O. The van der Waals surface area contributed by atoms with Crippen LogP contribution in [0.3, 0.4) is 0 Å². The molecule has 1 heterocycles. The first-order valence-corrected chi connectivity index (χ1v) is 10.2. The third-order valence-electron chi connectivity index (χ3n) is 4.90. The van der Waals surface area contributed by atoms with Gasteiger partial charge in [0, 0.05) is 37.8 Å². The molecule has 0 saturated heterocycles. The van der Waals surface area contributed by atoms with Crippen molar-refractivity contribution in [2.45, 2.75) is 71.8 Å². The highest BCUT2D eigenvalue weighted by Gasteiger charge is 2.16. The first-order valence-electron chi connectivity index (χ1n) is 10.2. The van der Waals surface area contributed by atoms with Gasteiger partial charge in [0.2, 0.25) is 5.91 Å². The van der Waals surface area contributed by atoms with Gasteiger partial charge in [-0.1, -0.05) is 70.9 Å². The van der Waals surface area contributed by atoms with Crippen molar-refractivity contribution in [3.63, 3.8) is 0 Å². The largest absolute Gasteiger partial charge is 0.338 e. The summed E-state index contributed by atoms with van der Waals surface area (Å²) in [5, 5.41) is 0. The van der Waals surface area contributed by atoms with Crippen LogP contribution in [0.1, 0.15) is 70.2 Å². The lowest BCUT2D eigenvalue weighted by molar-refractivity contribution is -0.131. The Balaban J connectivity index is 2.05. The van der Waals surface area contributed by atoms with Gasteiger partial charge in [0.25, 0.3) is 0 Å². The molecule has 0 unspecified atom stereocenters. The lowest BCUT2D eigenvalue weighted by Crippen LogP contribution is -2.32. The number of pyridine rings is 1. The predicted octanol–water partition coefficient (Wildman–Crippen LogP) is 5.53. The molecule has 0 saturated carbocycles. The fourth-order valence-corrected chi connectivity index (χ4v) is 3.10. The van der Waals surface area contributed by atoms with Crippen molar-refractivity contribution in [2.24, 2.45) is 0 Å². The Morgan fingerprint density at radius 3 is 2.37 bits per heavy atom. The average molecular weight is 367 g/mol. The van der Waals surface area contributed by atoms with Crippen LogP contribution in [0, 0.1) is 0 Å². The third kappa shape index (κ3) is 7.16. The number of rotatable bonds is 9. The summed E-state index contributed by atoms with van der Waals surface area (Å²) in [6.07, 6.45) is 6.46. The topological polar surface area (TPSA) is 33.2 Å². The molecule has 3 nitrogen and oxygen atoms in total. The van der Waals surface area contributed by atoms with Crippen LogP contribution in [-0.2, 0) is 23.2 Å². The molecule has 2 aromatic rings. The maximum absolute atomic E-state index is 12.8. The van der Waals surface area contributed by atoms with Gasteiger partial charge in [-0.15, -0.1) is 0 Å². The summed E-state index contributed by atoms with van der Waals surface area (Å²) in [7, 11) is 0. The molecule has 1 aromatic heterocycles. The van der Waals surface area contributed by atoms with E-state index in [1.807, 2.05) is 29.3 Å². The second-order valence-electron chi connectivity index (χ2n) is 8.29. The maximum Gasteiger partial charge on any atom is 0.222 e. The van der Waals surface area contributed by atoms with E-state index < -0.39 is 0 Å². The summed E-state index contributed by atoms with van der Waals surface area (Å²) in [6.45, 7) is 10.2. The Morgan fingerprint density at radius 2 is 1.78 bits per heavy atom. The van der Waals surface area contributed by atoms with E-state index in [0.717, 1.165) is 31.4 Å². The van der Waals surface area contributed by atoms with Gasteiger partial charge in [-0.3, -0.25) is 9.78 Å². The number of carbonyl (C=O) groups is 1. The molecule has 0 aliphatic carbocycles. The summed E-state index contributed by atoms with van der Waals surface area (Å²) in [5.74, 6) is 0.249. The van der Waals surface area contributed by atoms with Crippen LogP contribution in [0.2, 0.25) is 0 Å². The molecule has 0 fully saturated rings. The van der Waals surface area contributed by atoms with E-state index in [2.05, 4.69) is 56.9 Å². The molecule has 1 aromatic carbocycles. The number of unbranched alkanes of at least 4 members (excludes halogenated alkanes) is 2. The van der Waals surface area contributed by atoms with Crippen molar-refractivity contribution < 1.29 is 4.79 Å². The van der Waals surface area contributed by atoms with Gasteiger partial charge in [-0.05, 0) is 35.1 Å². The van der Waals surface area contributed by atoms with E-state index in [-0.39, 0.29) is 11.3 Å². The molecule has 3 heteroatoms. The fraction of sp³-hybridized carbons (Fsp3) is 0.500. The molecule has 0 spiro atoms. The van der Waals surface area contributed by atoms with E-state index >= 15 is 0 Å². The van der Waals surface area contributed by atoms with Gasteiger partial charge in [0.1, 0.15) is 0 Å². The Bertz CT molecular complexity index is 687. The van der Waals surface area contributed by atoms with Crippen LogP contribution in [0.25, 0.3) is 0 Å². The third-order valence-corrected chi connectivity index (χ3v) is 4.90. The number of nitrogens with zero attached hydrogens (tertiary/aromatic N) is 2. The zero-order valence-corrected chi connectivity index (χ0v) is 17.4. The summed E-state index contributed by atoms with van der Waals surface area (Å²) in [6, 6.07) is 14.6. The number of hydrogen-bond donors (Lipinski definition) is 0. The van der Waals surface area contributed by atoms with Gasteiger partial charge in [0.15, 0.2) is 0 Å². The summed E-state index contributed by atoms with van der Waals surface area (Å²) < 4.78 is 0. The molecule has 0 N–H and O–H groups in total. The van der Waals surface area contributed by atoms with Gasteiger partial charge in [-0.2, -0.15) is 0 Å². The lowest BCUT2D eigenvalue weighted by Gasteiger charge is -2.24. The zero-order valence-electron chi connectivity index (χ0n) is 17.4. The fourth-order valence-electron chi connectivity index (χ4n) is 3.10. The van der Waals surface area contributed by atoms with Gasteiger partial charge >= 0.3 is 0 Å². The van der Waals surface area contributed by atoms with Crippen molar-refractivity contribution in [1.29, 1.82) is 0 Å². The Labute approximate surface area is 164 Å². The second kappa shape index (κ2) is 10.2. The molecule has 0 aliphatic rings. The quantitative estimate of drug-likeness (QED) is 0.547. The zero-order chi connectivity index (χ0) is 19.7. The average Bonchev–Trinajstić information content (AvgIpc) is 2.65. The molecule has 0 aliphatic heterocycles. The number of hydrogen-bond acceptors (Lipinski definition) is 2. The smallest absolute Gasteiger partial charge is 0.222 e. The minimum absolute atomic E-state index is 0.146. The van der Waals surface area contributed by atoms with Crippen molar-refractivity contribution in [3.8, 4) is 0 Å². The Morgan fingerprint density at radius 1 is 1.04 bits per heavy atom. The van der Waals surface area contributed by atoms with E-state index in [1.165, 1.54) is 11.1 Å². The highest BCUT2D eigenvalue weighted by molar-refractivity contribution is 5.76.